The Bertz CT molecular complexity index is 938. The largest absolute Gasteiger partial charge is 0.348 e. The van der Waals surface area contributed by atoms with E-state index in [1.165, 1.54) is 10.2 Å². The van der Waals surface area contributed by atoms with Crippen LogP contribution in [0.3, 0.4) is 0 Å². The molecule has 2 aromatic heterocycles. The molecule has 24 heavy (non-hydrogen) atoms. The molecule has 124 valence electrons. The number of fused-ring (bicyclic) bond motifs is 1. The second-order valence-corrected chi connectivity index (χ2v) is 6.04. The van der Waals surface area contributed by atoms with Crippen LogP contribution in [0.5, 0.6) is 0 Å². The Balaban J connectivity index is 1.75. The summed E-state index contributed by atoms with van der Waals surface area (Å²) in [4.78, 5) is 24.7. The Morgan fingerprint density at radius 2 is 1.96 bits per heavy atom. The number of nitrogens with zero attached hydrogens (tertiary/aromatic N) is 3. The van der Waals surface area contributed by atoms with Gasteiger partial charge >= 0.3 is 0 Å². The fourth-order valence-electron chi connectivity index (χ4n) is 2.71. The third kappa shape index (κ3) is 3.08. The van der Waals surface area contributed by atoms with E-state index in [9.17, 15) is 9.59 Å². The zero-order chi connectivity index (χ0) is 17.3. The van der Waals surface area contributed by atoms with Crippen LogP contribution in [-0.4, -0.2) is 20.3 Å². The normalized spacial score (nSPS) is 12.3. The van der Waals surface area contributed by atoms with Gasteiger partial charge in [-0.05, 0) is 25.5 Å². The number of benzene rings is 1. The molecule has 1 N–H and O–H groups in total. The number of rotatable bonds is 4. The van der Waals surface area contributed by atoms with Crippen molar-refractivity contribution in [2.75, 3.05) is 0 Å². The number of aromatic nitrogens is 3. The minimum atomic E-state index is -0.266. The molecule has 0 saturated heterocycles. The topological polar surface area (TPSA) is 68.9 Å². The lowest BCUT2D eigenvalue weighted by molar-refractivity contribution is -0.122. The zero-order valence-corrected chi connectivity index (χ0v) is 14.0. The van der Waals surface area contributed by atoms with Crippen LogP contribution in [-0.2, 0) is 18.4 Å². The molecule has 0 bridgehead atoms. The molecule has 0 saturated carbocycles. The lowest BCUT2D eigenvalue weighted by Crippen LogP contribution is -2.35. The molecule has 0 aliphatic heterocycles. The van der Waals surface area contributed by atoms with Crippen molar-refractivity contribution in [1.29, 1.82) is 0 Å². The first-order valence-corrected chi connectivity index (χ1v) is 7.83. The van der Waals surface area contributed by atoms with Crippen LogP contribution < -0.4 is 10.9 Å². The van der Waals surface area contributed by atoms with Crippen molar-refractivity contribution in [3.8, 4) is 0 Å². The molecule has 6 nitrogen and oxygen atoms in total. The van der Waals surface area contributed by atoms with Crippen molar-refractivity contribution in [3.63, 3.8) is 0 Å². The number of nitrogens with one attached hydrogen (secondary N) is 1. The number of aryl methyl sites for hydroxylation is 2. The predicted molar refractivity (Wildman–Crippen MR) is 92.7 cm³/mol. The first kappa shape index (κ1) is 16.0. The van der Waals surface area contributed by atoms with Gasteiger partial charge in [0.2, 0.25) is 5.91 Å². The number of hydrogen-bond donors (Lipinski definition) is 1. The first-order valence-electron chi connectivity index (χ1n) is 7.83. The number of hydrogen-bond acceptors (Lipinski definition) is 3. The van der Waals surface area contributed by atoms with Gasteiger partial charge in [0, 0.05) is 18.6 Å². The smallest absolute Gasteiger partial charge is 0.291 e. The molecule has 0 aliphatic carbocycles. The van der Waals surface area contributed by atoms with Gasteiger partial charge in [-0.25, -0.2) is 4.68 Å². The summed E-state index contributed by atoms with van der Waals surface area (Å²) in [6.07, 6.45) is 3.41. The lowest BCUT2D eigenvalue weighted by Gasteiger charge is -2.15. The van der Waals surface area contributed by atoms with E-state index in [4.69, 9.17) is 0 Å². The summed E-state index contributed by atoms with van der Waals surface area (Å²) >= 11 is 0. The van der Waals surface area contributed by atoms with E-state index in [-0.39, 0.29) is 24.1 Å². The average Bonchev–Trinajstić information content (AvgIpc) is 2.92. The Kier molecular flexibility index (Phi) is 4.20. The molecule has 2 heterocycles. The molecular weight excluding hydrogens is 304 g/mol. The van der Waals surface area contributed by atoms with Crippen molar-refractivity contribution in [2.45, 2.75) is 26.4 Å². The second kappa shape index (κ2) is 6.31. The fourth-order valence-corrected chi connectivity index (χ4v) is 2.71. The predicted octanol–water partition coefficient (Wildman–Crippen LogP) is 1.92. The lowest BCUT2D eigenvalue weighted by atomic mass is 10.1. The van der Waals surface area contributed by atoms with Crippen LogP contribution in [0, 0.1) is 6.92 Å². The molecule has 0 unspecified atom stereocenters. The molecule has 1 amide bonds. The summed E-state index contributed by atoms with van der Waals surface area (Å²) in [5.74, 6) is -0.244. The molecule has 0 fully saturated rings. The van der Waals surface area contributed by atoms with Gasteiger partial charge in [0.15, 0.2) is 0 Å². The Morgan fingerprint density at radius 3 is 2.67 bits per heavy atom. The van der Waals surface area contributed by atoms with Gasteiger partial charge in [0.05, 0.1) is 12.2 Å². The van der Waals surface area contributed by atoms with Gasteiger partial charge in [-0.2, -0.15) is 5.10 Å². The van der Waals surface area contributed by atoms with Crippen molar-refractivity contribution < 1.29 is 4.79 Å². The Hall–Kier alpha value is -2.89. The highest BCUT2D eigenvalue weighted by atomic mass is 16.2. The van der Waals surface area contributed by atoms with E-state index in [1.54, 1.807) is 24.0 Å². The monoisotopic (exact) mass is 324 g/mol. The maximum Gasteiger partial charge on any atom is 0.291 e. The van der Waals surface area contributed by atoms with Crippen LogP contribution in [0.4, 0.5) is 0 Å². The minimum Gasteiger partial charge on any atom is -0.348 e. The van der Waals surface area contributed by atoms with Crippen molar-refractivity contribution in [3.05, 3.63) is 64.2 Å². The number of amides is 1. The van der Waals surface area contributed by atoms with Crippen LogP contribution in [0.1, 0.15) is 24.1 Å². The summed E-state index contributed by atoms with van der Waals surface area (Å²) < 4.78 is 2.93. The molecule has 0 radical (unpaired) electrons. The van der Waals surface area contributed by atoms with Gasteiger partial charge in [0.1, 0.15) is 12.1 Å². The maximum atomic E-state index is 12.4. The third-order valence-corrected chi connectivity index (χ3v) is 4.13. The van der Waals surface area contributed by atoms with E-state index >= 15 is 0 Å². The van der Waals surface area contributed by atoms with Crippen LogP contribution in [0.15, 0.2) is 47.5 Å². The van der Waals surface area contributed by atoms with E-state index in [2.05, 4.69) is 10.4 Å². The Morgan fingerprint density at radius 1 is 1.25 bits per heavy atom. The SMILES string of the molecule is Cc1ccc([C@H](C)NC(=O)Cn2ncc3ccn(C)c3c2=O)cc1. The van der Waals surface area contributed by atoms with Crippen molar-refractivity contribution >= 4 is 16.8 Å². The van der Waals surface area contributed by atoms with E-state index in [0.29, 0.717) is 5.52 Å². The summed E-state index contributed by atoms with van der Waals surface area (Å²) in [5, 5.41) is 7.75. The number of carbonyl (C=O) groups excluding carboxylic acids is 1. The second-order valence-electron chi connectivity index (χ2n) is 6.04. The summed E-state index contributed by atoms with van der Waals surface area (Å²) in [5.41, 5.74) is 2.47. The standard InChI is InChI=1S/C18H20N4O2/c1-12-4-6-14(7-5-12)13(2)20-16(23)11-22-18(24)17-15(10-19-22)8-9-21(17)3/h4-10,13H,11H2,1-3H3,(H,20,23)/t13-/m0/s1. The van der Waals surface area contributed by atoms with Crippen LogP contribution >= 0.6 is 0 Å². The molecule has 6 heteroatoms. The highest BCUT2D eigenvalue weighted by molar-refractivity contribution is 5.79. The third-order valence-electron chi connectivity index (χ3n) is 4.13. The molecule has 3 aromatic rings. The van der Waals surface area contributed by atoms with Crippen LogP contribution in [0.25, 0.3) is 10.9 Å². The summed E-state index contributed by atoms with van der Waals surface area (Å²) in [6, 6.07) is 9.68. The van der Waals surface area contributed by atoms with E-state index in [1.807, 2.05) is 44.2 Å². The van der Waals surface area contributed by atoms with Crippen molar-refractivity contribution in [2.24, 2.45) is 7.05 Å². The van der Waals surface area contributed by atoms with Gasteiger partial charge in [-0.3, -0.25) is 9.59 Å². The van der Waals surface area contributed by atoms with Crippen molar-refractivity contribution in [1.82, 2.24) is 19.7 Å². The maximum absolute atomic E-state index is 12.4. The molecule has 3 rings (SSSR count). The highest BCUT2D eigenvalue weighted by Crippen LogP contribution is 2.13. The van der Waals surface area contributed by atoms with Gasteiger partial charge in [-0.1, -0.05) is 29.8 Å². The first-order chi connectivity index (χ1) is 11.5. The molecule has 0 aliphatic rings. The van der Waals surface area contributed by atoms with Gasteiger partial charge in [0.25, 0.3) is 5.56 Å². The number of carbonyl (C=O) groups is 1. The quantitative estimate of drug-likeness (QED) is 0.797. The average molecular weight is 324 g/mol. The molecular formula is C18H20N4O2. The van der Waals surface area contributed by atoms with E-state index in [0.717, 1.165) is 10.9 Å². The summed E-state index contributed by atoms with van der Waals surface area (Å²) in [6.45, 7) is 3.83. The van der Waals surface area contributed by atoms with Gasteiger partial charge in [-0.15, -0.1) is 0 Å². The molecule has 1 aromatic carbocycles. The zero-order valence-electron chi connectivity index (χ0n) is 14.0. The molecule has 0 spiro atoms. The van der Waals surface area contributed by atoms with Crippen LogP contribution in [0.2, 0.25) is 0 Å². The minimum absolute atomic E-state index is 0.101. The Labute approximate surface area is 139 Å². The highest BCUT2D eigenvalue weighted by Gasteiger charge is 2.13. The molecule has 1 atom stereocenters. The van der Waals surface area contributed by atoms with Gasteiger partial charge < -0.3 is 9.88 Å². The summed E-state index contributed by atoms with van der Waals surface area (Å²) in [7, 11) is 1.80. The van der Waals surface area contributed by atoms with E-state index < -0.39 is 0 Å². The fraction of sp³-hybridized carbons (Fsp3) is 0.278.